The van der Waals surface area contributed by atoms with Crippen molar-refractivity contribution in [2.45, 2.75) is 26.5 Å². The van der Waals surface area contributed by atoms with E-state index in [9.17, 15) is 8.78 Å². The summed E-state index contributed by atoms with van der Waals surface area (Å²) in [6.45, 7) is 2.34. The van der Waals surface area contributed by atoms with E-state index in [0.29, 0.717) is 23.8 Å². The molecule has 1 aromatic heterocycles. The minimum Gasteiger partial charge on any atom is -0.388 e. The van der Waals surface area contributed by atoms with E-state index in [1.54, 1.807) is 4.57 Å². The van der Waals surface area contributed by atoms with Crippen LogP contribution in [0.3, 0.4) is 0 Å². The third-order valence-corrected chi connectivity index (χ3v) is 2.59. The first-order chi connectivity index (χ1) is 8.67. The number of nitrogens with zero attached hydrogens (tertiary/aromatic N) is 3. The summed E-state index contributed by atoms with van der Waals surface area (Å²) < 4.78 is 27.8. The third-order valence-electron chi connectivity index (χ3n) is 2.59. The van der Waals surface area contributed by atoms with Crippen molar-refractivity contribution in [2.24, 2.45) is 0 Å². The molecular formula is C12H13F2N3O. The summed E-state index contributed by atoms with van der Waals surface area (Å²) in [6.07, 6.45) is 0.821. The molecule has 0 aliphatic rings. The van der Waals surface area contributed by atoms with Gasteiger partial charge in [0.05, 0.1) is 0 Å². The molecule has 0 saturated carbocycles. The van der Waals surface area contributed by atoms with Gasteiger partial charge in [-0.15, -0.1) is 10.2 Å². The molecule has 0 radical (unpaired) electrons. The first-order valence-corrected chi connectivity index (χ1v) is 5.65. The maximum absolute atomic E-state index is 13.2. The highest BCUT2D eigenvalue weighted by atomic mass is 19.2. The molecule has 0 aliphatic heterocycles. The average Bonchev–Trinajstić information content (AvgIpc) is 2.76. The Bertz CT molecular complexity index is 554. The van der Waals surface area contributed by atoms with Gasteiger partial charge in [-0.25, -0.2) is 8.78 Å². The Kier molecular flexibility index (Phi) is 3.66. The molecule has 2 rings (SSSR count). The number of aromatic nitrogens is 3. The lowest BCUT2D eigenvalue weighted by Gasteiger charge is -2.07. The van der Waals surface area contributed by atoms with Crippen molar-refractivity contribution in [3.63, 3.8) is 0 Å². The normalized spacial score (nSPS) is 10.9. The molecule has 0 spiro atoms. The molecule has 0 unspecified atom stereocenters. The second kappa shape index (κ2) is 5.22. The van der Waals surface area contributed by atoms with Crippen LogP contribution in [0, 0.1) is 11.6 Å². The number of benzene rings is 1. The van der Waals surface area contributed by atoms with Crippen molar-refractivity contribution in [1.29, 1.82) is 0 Å². The lowest BCUT2D eigenvalue weighted by atomic mass is 10.2. The minimum atomic E-state index is -0.927. The number of halogens is 2. The Hall–Kier alpha value is -1.82. The van der Waals surface area contributed by atoms with Crippen LogP contribution < -0.4 is 0 Å². The fraction of sp³-hybridized carbons (Fsp3) is 0.333. The summed E-state index contributed by atoms with van der Waals surface area (Å²) in [4.78, 5) is 0. The second-order valence-corrected chi connectivity index (χ2v) is 3.88. The van der Waals surface area contributed by atoms with Crippen molar-refractivity contribution in [3.8, 4) is 11.4 Å². The molecular weight excluding hydrogens is 240 g/mol. The van der Waals surface area contributed by atoms with E-state index in [4.69, 9.17) is 5.11 Å². The lowest BCUT2D eigenvalue weighted by molar-refractivity contribution is 0.264. The van der Waals surface area contributed by atoms with Crippen molar-refractivity contribution < 1.29 is 13.9 Å². The smallest absolute Gasteiger partial charge is 0.164 e. The van der Waals surface area contributed by atoms with Crippen molar-refractivity contribution >= 4 is 0 Å². The second-order valence-electron chi connectivity index (χ2n) is 3.88. The van der Waals surface area contributed by atoms with E-state index < -0.39 is 11.6 Å². The predicted octanol–water partition coefficient (Wildman–Crippen LogP) is 2.13. The molecule has 0 atom stereocenters. The molecule has 1 N–H and O–H groups in total. The van der Waals surface area contributed by atoms with Crippen LogP contribution in [-0.4, -0.2) is 19.9 Å². The molecule has 2 aromatic rings. The van der Waals surface area contributed by atoms with Crippen LogP contribution in [0.5, 0.6) is 0 Å². The van der Waals surface area contributed by atoms with Crippen LogP contribution in [0.15, 0.2) is 18.2 Å². The molecule has 1 aromatic carbocycles. The van der Waals surface area contributed by atoms with E-state index in [1.807, 2.05) is 6.92 Å². The molecule has 0 fully saturated rings. The zero-order valence-electron chi connectivity index (χ0n) is 9.90. The lowest BCUT2D eigenvalue weighted by Crippen LogP contribution is -2.05. The van der Waals surface area contributed by atoms with E-state index >= 15 is 0 Å². The van der Waals surface area contributed by atoms with E-state index in [0.717, 1.165) is 18.6 Å². The molecule has 0 bridgehead atoms. The highest BCUT2D eigenvalue weighted by molar-refractivity contribution is 5.55. The fourth-order valence-electron chi connectivity index (χ4n) is 1.76. The van der Waals surface area contributed by atoms with Crippen molar-refractivity contribution in [2.75, 3.05) is 0 Å². The van der Waals surface area contributed by atoms with E-state index in [1.165, 1.54) is 6.07 Å². The van der Waals surface area contributed by atoms with Crippen LogP contribution in [0.1, 0.15) is 19.2 Å². The summed E-state index contributed by atoms with van der Waals surface area (Å²) in [5, 5.41) is 16.9. The fourth-order valence-corrected chi connectivity index (χ4v) is 1.76. The van der Waals surface area contributed by atoms with Crippen LogP contribution >= 0.6 is 0 Å². The number of rotatable bonds is 4. The zero-order chi connectivity index (χ0) is 13.1. The molecule has 0 saturated heterocycles. The first-order valence-electron chi connectivity index (χ1n) is 5.65. The topological polar surface area (TPSA) is 50.9 Å². The van der Waals surface area contributed by atoms with Crippen molar-refractivity contribution in [1.82, 2.24) is 14.8 Å². The summed E-state index contributed by atoms with van der Waals surface area (Å²) in [5.74, 6) is -0.983. The Balaban J connectivity index is 2.49. The SMILES string of the molecule is CCCn1c(CO)nnc1-c1ccc(F)c(F)c1. The molecule has 6 heteroatoms. The Morgan fingerprint density at radius 2 is 2.00 bits per heavy atom. The standard InChI is InChI=1S/C12H13F2N3O/c1-2-5-17-11(7-18)15-16-12(17)8-3-4-9(13)10(14)6-8/h3-4,6,18H,2,5,7H2,1H3. The van der Waals surface area contributed by atoms with Gasteiger partial charge in [0.2, 0.25) is 0 Å². The van der Waals surface area contributed by atoms with Gasteiger partial charge in [0.15, 0.2) is 23.3 Å². The Morgan fingerprint density at radius 3 is 2.61 bits per heavy atom. The molecule has 0 aliphatic carbocycles. The molecule has 1 heterocycles. The monoisotopic (exact) mass is 253 g/mol. The largest absolute Gasteiger partial charge is 0.388 e. The summed E-state index contributed by atoms with van der Waals surface area (Å²) in [5.41, 5.74) is 0.439. The van der Waals surface area contributed by atoms with Crippen LogP contribution in [-0.2, 0) is 13.2 Å². The highest BCUT2D eigenvalue weighted by Gasteiger charge is 2.14. The number of aliphatic hydroxyl groups is 1. The number of hydrogen-bond acceptors (Lipinski definition) is 3. The van der Waals surface area contributed by atoms with Crippen LogP contribution in [0.4, 0.5) is 8.78 Å². The van der Waals surface area contributed by atoms with Crippen LogP contribution in [0.2, 0.25) is 0 Å². The zero-order valence-corrected chi connectivity index (χ0v) is 9.90. The van der Waals surface area contributed by atoms with Gasteiger partial charge in [0.1, 0.15) is 6.61 Å². The molecule has 4 nitrogen and oxygen atoms in total. The maximum atomic E-state index is 13.2. The quantitative estimate of drug-likeness (QED) is 0.908. The van der Waals surface area contributed by atoms with Gasteiger partial charge in [0.25, 0.3) is 0 Å². The van der Waals surface area contributed by atoms with Gasteiger partial charge in [-0.2, -0.15) is 0 Å². The van der Waals surface area contributed by atoms with Crippen LogP contribution in [0.25, 0.3) is 11.4 Å². The summed E-state index contributed by atoms with van der Waals surface area (Å²) >= 11 is 0. The Morgan fingerprint density at radius 1 is 1.22 bits per heavy atom. The highest BCUT2D eigenvalue weighted by Crippen LogP contribution is 2.21. The molecule has 18 heavy (non-hydrogen) atoms. The number of hydrogen-bond donors (Lipinski definition) is 1. The van der Waals surface area contributed by atoms with Gasteiger partial charge < -0.3 is 9.67 Å². The van der Waals surface area contributed by atoms with Gasteiger partial charge in [-0.3, -0.25) is 0 Å². The van der Waals surface area contributed by atoms with E-state index in [-0.39, 0.29) is 6.61 Å². The predicted molar refractivity (Wildman–Crippen MR) is 61.6 cm³/mol. The Labute approximate surface area is 103 Å². The van der Waals surface area contributed by atoms with Gasteiger partial charge in [0, 0.05) is 12.1 Å². The summed E-state index contributed by atoms with van der Waals surface area (Å²) in [7, 11) is 0. The first kappa shape index (κ1) is 12.6. The van der Waals surface area contributed by atoms with Gasteiger partial charge >= 0.3 is 0 Å². The van der Waals surface area contributed by atoms with Gasteiger partial charge in [-0.1, -0.05) is 6.92 Å². The molecule has 96 valence electrons. The van der Waals surface area contributed by atoms with Gasteiger partial charge in [-0.05, 0) is 24.6 Å². The van der Waals surface area contributed by atoms with E-state index in [2.05, 4.69) is 10.2 Å². The number of aliphatic hydroxyl groups excluding tert-OH is 1. The van der Waals surface area contributed by atoms with Crippen molar-refractivity contribution in [3.05, 3.63) is 35.7 Å². The average molecular weight is 253 g/mol. The molecule has 0 amide bonds. The maximum Gasteiger partial charge on any atom is 0.164 e. The minimum absolute atomic E-state index is 0.239. The third kappa shape index (κ3) is 2.24. The summed E-state index contributed by atoms with van der Waals surface area (Å²) in [6, 6.07) is 3.57.